The van der Waals surface area contributed by atoms with Crippen LogP contribution >= 0.6 is 18.5 Å². The summed E-state index contributed by atoms with van der Waals surface area (Å²) >= 11 is 6.57. The van der Waals surface area contributed by atoms with E-state index in [0.717, 1.165) is 0 Å². The fourth-order valence-electron chi connectivity index (χ4n) is 1.37. The molecule has 0 aliphatic carbocycles. The van der Waals surface area contributed by atoms with Gasteiger partial charge in [0.05, 0.1) is 0 Å². The zero-order valence-corrected chi connectivity index (χ0v) is 11.7. The van der Waals surface area contributed by atoms with Gasteiger partial charge in [-0.3, -0.25) is 0 Å². The zero-order valence-electron chi connectivity index (χ0n) is 10.1. The Labute approximate surface area is 99.0 Å². The van der Waals surface area contributed by atoms with Crippen molar-refractivity contribution >= 4 is 29.5 Å². The fourth-order valence-corrected chi connectivity index (χ4v) is 3.21. The lowest BCUT2D eigenvalue weighted by Gasteiger charge is -2.29. The second-order valence-corrected chi connectivity index (χ2v) is 8.23. The molecule has 15 heavy (non-hydrogen) atoms. The van der Waals surface area contributed by atoms with Gasteiger partial charge in [0.2, 0.25) is 0 Å². The van der Waals surface area contributed by atoms with Crippen LogP contribution in [0.5, 0.6) is 0 Å². The first-order valence-corrected chi connectivity index (χ1v) is 7.31. The molecule has 1 aromatic rings. The van der Waals surface area contributed by atoms with Gasteiger partial charge in [0, 0.05) is 37.5 Å². The number of benzene rings is 1. The van der Waals surface area contributed by atoms with Gasteiger partial charge in [-0.2, -0.15) is 0 Å². The number of nitrogens with zero attached hydrogens (tertiary/aromatic N) is 1. The third-order valence-electron chi connectivity index (χ3n) is 2.16. The summed E-state index contributed by atoms with van der Waals surface area (Å²) in [5.74, 6) is 0. The summed E-state index contributed by atoms with van der Waals surface area (Å²) in [7, 11) is 3.47. The Bertz CT molecular complexity index is 331. The second-order valence-electron chi connectivity index (χ2n) is 4.83. The number of hydrogen-bond donors (Lipinski definition) is 0. The van der Waals surface area contributed by atoms with E-state index < -0.39 is 7.27 Å². The lowest BCUT2D eigenvalue weighted by Crippen LogP contribution is -2.22. The molecule has 0 N–H and O–H groups in total. The molecule has 1 rings (SSSR count). The zero-order chi connectivity index (χ0) is 11.6. The van der Waals surface area contributed by atoms with Crippen molar-refractivity contribution in [3.05, 3.63) is 24.3 Å². The van der Waals surface area contributed by atoms with Gasteiger partial charge in [-0.15, -0.1) is 0 Å². The highest BCUT2D eigenvalue weighted by Crippen LogP contribution is 2.54. The normalized spacial score (nSPS) is 13.7. The van der Waals surface area contributed by atoms with Crippen molar-refractivity contribution in [2.24, 2.45) is 0 Å². The van der Waals surface area contributed by atoms with E-state index in [1.807, 2.05) is 0 Å². The van der Waals surface area contributed by atoms with Crippen molar-refractivity contribution in [2.45, 2.75) is 25.9 Å². The summed E-state index contributed by atoms with van der Waals surface area (Å²) < 4.78 is 0. The molecule has 1 aromatic carbocycles. The number of hydrogen-bond acceptors (Lipinski definition) is 1. The van der Waals surface area contributed by atoms with Crippen molar-refractivity contribution in [1.29, 1.82) is 0 Å². The first-order chi connectivity index (χ1) is 6.84. The van der Waals surface area contributed by atoms with Crippen LogP contribution in [0.15, 0.2) is 24.3 Å². The molecule has 0 heterocycles. The highest BCUT2D eigenvalue weighted by molar-refractivity contribution is 7.91. The molecule has 0 aliphatic rings. The van der Waals surface area contributed by atoms with Crippen LogP contribution in [0.2, 0.25) is 0 Å². The van der Waals surface area contributed by atoms with Crippen LogP contribution in [0.25, 0.3) is 0 Å². The predicted molar refractivity (Wildman–Crippen MR) is 72.9 cm³/mol. The predicted octanol–water partition coefficient (Wildman–Crippen LogP) is 3.81. The largest absolute Gasteiger partial charge is 0.377 e. The van der Waals surface area contributed by atoms with E-state index in [9.17, 15) is 0 Å². The van der Waals surface area contributed by atoms with Crippen LogP contribution in [0, 0.1) is 0 Å². The van der Waals surface area contributed by atoms with E-state index in [4.69, 9.17) is 11.2 Å². The van der Waals surface area contributed by atoms with Gasteiger partial charge in [0.15, 0.2) is 0 Å². The molecule has 0 saturated heterocycles. The molecule has 84 valence electrons. The first-order valence-electron chi connectivity index (χ1n) is 5.06. The maximum Gasteiger partial charge on any atom is 0.0451 e. The lowest BCUT2D eigenvalue weighted by molar-refractivity contribution is 0.796. The highest BCUT2D eigenvalue weighted by atomic mass is 35.7. The molecule has 0 radical (unpaired) electrons. The molecule has 0 amide bonds. The van der Waals surface area contributed by atoms with Crippen LogP contribution in [0.4, 0.5) is 5.69 Å². The summed E-state index contributed by atoms with van der Waals surface area (Å²) in [6, 6.07) is 8.38. The van der Waals surface area contributed by atoms with Crippen molar-refractivity contribution in [3.63, 3.8) is 0 Å². The fraction of sp³-hybridized carbons (Fsp3) is 0.500. The first kappa shape index (κ1) is 12.8. The van der Waals surface area contributed by atoms with Gasteiger partial charge >= 0.3 is 0 Å². The molecule has 0 bridgehead atoms. The van der Waals surface area contributed by atoms with Crippen LogP contribution in [0.3, 0.4) is 0 Å². The Morgan fingerprint density at radius 2 is 1.67 bits per heavy atom. The molecular formula is C12H19ClNP. The molecule has 1 atom stereocenters. The van der Waals surface area contributed by atoms with Gasteiger partial charge in [-0.05, 0) is 6.07 Å². The van der Waals surface area contributed by atoms with Crippen LogP contribution in [0.1, 0.15) is 20.8 Å². The van der Waals surface area contributed by atoms with Crippen molar-refractivity contribution in [3.8, 4) is 0 Å². The molecule has 3 heteroatoms. The van der Waals surface area contributed by atoms with Crippen molar-refractivity contribution in [1.82, 2.24) is 0 Å². The molecule has 0 fully saturated rings. The van der Waals surface area contributed by atoms with E-state index in [0.29, 0.717) is 0 Å². The van der Waals surface area contributed by atoms with E-state index in [1.54, 1.807) is 0 Å². The summed E-state index contributed by atoms with van der Waals surface area (Å²) in [6.45, 7) is 6.58. The molecule has 1 unspecified atom stereocenters. The van der Waals surface area contributed by atoms with Crippen LogP contribution in [-0.2, 0) is 0 Å². The Hall–Kier alpha value is -0.260. The number of anilines is 1. The Balaban J connectivity index is 3.14. The number of para-hydroxylation sites is 1. The summed E-state index contributed by atoms with van der Waals surface area (Å²) in [4.78, 5) is 2.12. The lowest BCUT2D eigenvalue weighted by atomic mass is 10.2. The number of rotatable bonds is 2. The minimum Gasteiger partial charge on any atom is -0.377 e. The SMILES string of the molecule is CN(C)c1ccccc1P(Cl)C(C)(C)C. The van der Waals surface area contributed by atoms with E-state index in [-0.39, 0.29) is 5.16 Å². The van der Waals surface area contributed by atoms with Crippen molar-refractivity contribution in [2.75, 3.05) is 19.0 Å². The van der Waals surface area contributed by atoms with Gasteiger partial charge in [0.1, 0.15) is 0 Å². The molecular weight excluding hydrogens is 225 g/mol. The summed E-state index contributed by atoms with van der Waals surface area (Å²) in [6.07, 6.45) is 0. The topological polar surface area (TPSA) is 3.24 Å². The third kappa shape index (κ3) is 3.09. The molecule has 0 aromatic heterocycles. The number of halogens is 1. The maximum atomic E-state index is 6.57. The standard InChI is InChI=1S/C12H19ClNP/c1-12(2,3)15(13)11-9-7-6-8-10(11)14(4)5/h6-9H,1-5H3. The van der Waals surface area contributed by atoms with Gasteiger partial charge in [-0.1, -0.05) is 50.2 Å². The van der Waals surface area contributed by atoms with Crippen molar-refractivity contribution < 1.29 is 0 Å². The van der Waals surface area contributed by atoms with Crippen LogP contribution in [-0.4, -0.2) is 19.3 Å². The summed E-state index contributed by atoms with van der Waals surface area (Å²) in [5, 5.41) is 1.41. The smallest absolute Gasteiger partial charge is 0.0451 e. The second kappa shape index (κ2) is 4.72. The Morgan fingerprint density at radius 1 is 1.13 bits per heavy atom. The van der Waals surface area contributed by atoms with E-state index in [2.05, 4.69) is 64.0 Å². The Morgan fingerprint density at radius 3 is 2.13 bits per heavy atom. The molecule has 0 spiro atoms. The minimum absolute atomic E-state index is 0.142. The van der Waals surface area contributed by atoms with E-state index >= 15 is 0 Å². The van der Waals surface area contributed by atoms with Crippen LogP contribution < -0.4 is 10.2 Å². The monoisotopic (exact) mass is 243 g/mol. The maximum absolute atomic E-state index is 6.57. The quantitative estimate of drug-likeness (QED) is 0.714. The molecule has 1 nitrogen and oxygen atoms in total. The average molecular weight is 244 g/mol. The van der Waals surface area contributed by atoms with Gasteiger partial charge < -0.3 is 4.90 Å². The Kier molecular flexibility index (Phi) is 4.03. The summed E-state index contributed by atoms with van der Waals surface area (Å²) in [5.41, 5.74) is 1.23. The average Bonchev–Trinajstić information content (AvgIpc) is 2.15. The van der Waals surface area contributed by atoms with Gasteiger partial charge in [0.25, 0.3) is 0 Å². The highest BCUT2D eigenvalue weighted by Gasteiger charge is 2.26. The minimum atomic E-state index is -0.639. The van der Waals surface area contributed by atoms with E-state index in [1.165, 1.54) is 11.0 Å². The third-order valence-corrected chi connectivity index (χ3v) is 6.21. The van der Waals surface area contributed by atoms with Gasteiger partial charge in [-0.25, -0.2) is 0 Å². The molecule has 0 aliphatic heterocycles. The molecule has 0 saturated carbocycles.